The van der Waals surface area contributed by atoms with Crippen LogP contribution in [0.3, 0.4) is 0 Å². The maximum absolute atomic E-state index is 12.1. The lowest BCUT2D eigenvalue weighted by Gasteiger charge is -2.11. The van der Waals surface area contributed by atoms with Gasteiger partial charge < -0.3 is 0 Å². The minimum Gasteiger partial charge on any atom is -0.268 e. The van der Waals surface area contributed by atoms with E-state index in [0.29, 0.717) is 16.1 Å². The number of carbonyl (C=O) groups is 2. The zero-order valence-electron chi connectivity index (χ0n) is 10.2. The lowest BCUT2D eigenvalue weighted by atomic mass is 10.1. The third kappa shape index (κ3) is 2.57. The smallest absolute Gasteiger partial charge is 0.268 e. The number of fused-ring (bicyclic) bond motifs is 1. The van der Waals surface area contributed by atoms with Crippen LogP contribution in [-0.4, -0.2) is 16.1 Å². The first kappa shape index (κ1) is 15.0. The fraction of sp³-hybridized carbons (Fsp3) is 0. The Bertz CT molecular complexity index is 638. The summed E-state index contributed by atoms with van der Waals surface area (Å²) < 4.78 is 1.17. The highest BCUT2D eigenvalue weighted by Gasteiger charge is 2.36. The molecule has 0 radical (unpaired) electrons. The van der Waals surface area contributed by atoms with E-state index in [1.807, 2.05) is 0 Å². The summed E-state index contributed by atoms with van der Waals surface area (Å²) in [6.45, 7) is 0. The predicted molar refractivity (Wildman–Crippen MR) is 84.6 cm³/mol. The molecule has 0 atom stereocenters. The molecule has 0 aromatic heterocycles. The highest BCUT2D eigenvalue weighted by Crippen LogP contribution is 2.32. The van der Waals surface area contributed by atoms with E-state index in [1.54, 1.807) is 48.5 Å². The molecule has 2 amide bonds. The summed E-state index contributed by atoms with van der Waals surface area (Å²) in [6.07, 6.45) is 0. The van der Waals surface area contributed by atoms with Crippen molar-refractivity contribution in [3.05, 3.63) is 64.7 Å². The van der Waals surface area contributed by atoms with E-state index in [-0.39, 0.29) is 25.3 Å². The van der Waals surface area contributed by atoms with E-state index in [0.717, 1.165) is 16.8 Å². The van der Waals surface area contributed by atoms with Gasteiger partial charge in [-0.2, -0.15) is 13.5 Å². The summed E-state index contributed by atoms with van der Waals surface area (Å²) in [5, 5.41) is 0.617. The van der Waals surface area contributed by atoms with Crippen molar-refractivity contribution < 1.29 is 9.59 Å². The van der Waals surface area contributed by atoms with Crippen LogP contribution >= 0.6 is 37.0 Å². The number of imide groups is 1. The summed E-state index contributed by atoms with van der Waals surface area (Å²) >= 11 is 6.91. The monoisotopic (exact) mass is 323 g/mol. The minimum absolute atomic E-state index is 0. The van der Waals surface area contributed by atoms with Gasteiger partial charge in [0.2, 0.25) is 0 Å². The summed E-state index contributed by atoms with van der Waals surface area (Å²) in [7, 11) is 0. The maximum atomic E-state index is 12.1. The van der Waals surface area contributed by atoms with Gasteiger partial charge in [0.05, 0.1) is 11.1 Å². The van der Waals surface area contributed by atoms with Gasteiger partial charge in [0, 0.05) is 9.92 Å². The Morgan fingerprint density at radius 1 is 0.850 bits per heavy atom. The van der Waals surface area contributed by atoms with Gasteiger partial charge in [-0.05, 0) is 48.3 Å². The molecule has 20 heavy (non-hydrogen) atoms. The zero-order chi connectivity index (χ0) is 13.4. The summed E-state index contributed by atoms with van der Waals surface area (Å²) in [5.41, 5.74) is 0.905. The molecular formula is C14H10ClNO2S2. The van der Waals surface area contributed by atoms with Crippen molar-refractivity contribution in [2.45, 2.75) is 4.90 Å². The molecule has 1 aliphatic rings. The third-order valence-electron chi connectivity index (χ3n) is 2.77. The number of carbonyl (C=O) groups excluding carboxylic acids is 2. The molecular weight excluding hydrogens is 314 g/mol. The molecule has 0 unspecified atom stereocenters. The molecule has 0 saturated carbocycles. The Balaban J connectivity index is 0.00000147. The summed E-state index contributed by atoms with van der Waals surface area (Å²) in [5.74, 6) is -0.555. The highest BCUT2D eigenvalue weighted by atomic mass is 35.5. The van der Waals surface area contributed by atoms with Crippen molar-refractivity contribution in [1.82, 2.24) is 4.31 Å². The zero-order valence-corrected chi connectivity index (χ0v) is 12.7. The van der Waals surface area contributed by atoms with Crippen LogP contribution in [0.15, 0.2) is 53.4 Å². The fourth-order valence-corrected chi connectivity index (χ4v) is 2.81. The molecule has 0 bridgehead atoms. The lowest BCUT2D eigenvalue weighted by Crippen LogP contribution is -2.21. The number of rotatable bonds is 2. The van der Waals surface area contributed by atoms with E-state index in [1.165, 1.54) is 4.31 Å². The molecule has 3 rings (SSSR count). The van der Waals surface area contributed by atoms with Crippen LogP contribution in [0.5, 0.6) is 0 Å². The van der Waals surface area contributed by atoms with Crippen LogP contribution in [0, 0.1) is 0 Å². The molecule has 0 aliphatic carbocycles. The van der Waals surface area contributed by atoms with Crippen LogP contribution < -0.4 is 0 Å². The number of hydrogen-bond acceptors (Lipinski definition) is 3. The van der Waals surface area contributed by atoms with Crippen LogP contribution in [0.25, 0.3) is 0 Å². The van der Waals surface area contributed by atoms with Gasteiger partial charge in [-0.15, -0.1) is 0 Å². The second-order valence-electron chi connectivity index (χ2n) is 4.00. The van der Waals surface area contributed by atoms with E-state index in [9.17, 15) is 9.59 Å². The number of halogens is 1. The molecule has 3 nitrogen and oxygen atoms in total. The van der Waals surface area contributed by atoms with E-state index >= 15 is 0 Å². The van der Waals surface area contributed by atoms with Gasteiger partial charge in [0.25, 0.3) is 11.8 Å². The fourth-order valence-electron chi connectivity index (χ4n) is 1.85. The van der Waals surface area contributed by atoms with Crippen LogP contribution in [0.1, 0.15) is 20.7 Å². The largest absolute Gasteiger partial charge is 0.272 e. The van der Waals surface area contributed by atoms with E-state index in [2.05, 4.69) is 0 Å². The van der Waals surface area contributed by atoms with Gasteiger partial charge in [0.1, 0.15) is 0 Å². The van der Waals surface area contributed by atoms with Crippen molar-refractivity contribution >= 4 is 48.9 Å². The quantitative estimate of drug-likeness (QED) is 0.624. The second-order valence-corrected chi connectivity index (χ2v) is 5.45. The van der Waals surface area contributed by atoms with Crippen molar-refractivity contribution in [1.29, 1.82) is 0 Å². The van der Waals surface area contributed by atoms with E-state index < -0.39 is 0 Å². The van der Waals surface area contributed by atoms with Gasteiger partial charge in [-0.1, -0.05) is 23.7 Å². The molecule has 0 N–H and O–H groups in total. The number of nitrogens with zero attached hydrogens (tertiary/aromatic N) is 1. The number of amides is 2. The van der Waals surface area contributed by atoms with Crippen LogP contribution in [0.4, 0.5) is 0 Å². The third-order valence-corrected chi connectivity index (χ3v) is 4.02. The normalized spacial score (nSPS) is 13.2. The van der Waals surface area contributed by atoms with E-state index in [4.69, 9.17) is 11.6 Å². The Morgan fingerprint density at radius 2 is 1.35 bits per heavy atom. The first-order valence-corrected chi connectivity index (χ1v) is 6.73. The Morgan fingerprint density at radius 3 is 1.85 bits per heavy atom. The predicted octanol–water partition coefficient (Wildman–Crippen LogP) is 3.76. The van der Waals surface area contributed by atoms with Gasteiger partial charge in [-0.3, -0.25) is 9.59 Å². The molecule has 2 aromatic carbocycles. The Hall–Kier alpha value is -1.43. The molecule has 6 heteroatoms. The standard InChI is InChI=1S/C14H8ClNO2S.H2S/c15-9-5-7-10(8-6-9)19-16-13(17)11-3-1-2-4-12(11)14(16)18;/h1-8H;1H2. The average molecular weight is 324 g/mol. The maximum Gasteiger partial charge on any atom is 0.272 e. The van der Waals surface area contributed by atoms with Gasteiger partial charge in [0.15, 0.2) is 0 Å². The Labute approximate surface area is 132 Å². The average Bonchev–Trinajstić information content (AvgIpc) is 2.67. The first-order chi connectivity index (χ1) is 9.16. The molecule has 0 saturated heterocycles. The topological polar surface area (TPSA) is 37.4 Å². The lowest BCUT2D eigenvalue weighted by molar-refractivity contribution is 0.0777. The van der Waals surface area contributed by atoms with Gasteiger partial charge >= 0.3 is 0 Å². The van der Waals surface area contributed by atoms with Crippen molar-refractivity contribution in [2.24, 2.45) is 0 Å². The van der Waals surface area contributed by atoms with Crippen LogP contribution in [-0.2, 0) is 0 Å². The van der Waals surface area contributed by atoms with Gasteiger partial charge in [-0.25, -0.2) is 4.31 Å². The van der Waals surface area contributed by atoms with Crippen LogP contribution in [0.2, 0.25) is 5.02 Å². The van der Waals surface area contributed by atoms with Crippen molar-refractivity contribution in [3.63, 3.8) is 0 Å². The van der Waals surface area contributed by atoms with Crippen molar-refractivity contribution in [3.8, 4) is 0 Å². The summed E-state index contributed by atoms with van der Waals surface area (Å²) in [6, 6.07) is 13.8. The molecule has 102 valence electrons. The highest BCUT2D eigenvalue weighted by molar-refractivity contribution is 7.98. The molecule has 0 fully saturated rings. The second kappa shape index (κ2) is 5.91. The number of benzene rings is 2. The SMILES string of the molecule is O=C1c2ccccc2C(=O)N1Sc1ccc(Cl)cc1.S. The summed E-state index contributed by atoms with van der Waals surface area (Å²) in [4.78, 5) is 25.1. The molecule has 1 heterocycles. The Kier molecular flexibility index (Phi) is 4.42. The first-order valence-electron chi connectivity index (χ1n) is 5.58. The minimum atomic E-state index is -0.277. The number of hydrogen-bond donors (Lipinski definition) is 0. The molecule has 2 aromatic rings. The van der Waals surface area contributed by atoms with Crippen molar-refractivity contribution in [2.75, 3.05) is 0 Å². The molecule has 1 aliphatic heterocycles. The molecule has 0 spiro atoms.